The van der Waals surface area contributed by atoms with Crippen molar-refractivity contribution in [2.24, 2.45) is 0 Å². The number of hydrogen-bond acceptors (Lipinski definition) is 2. The highest BCUT2D eigenvalue weighted by Gasteiger charge is 2.05. The van der Waals surface area contributed by atoms with Crippen molar-refractivity contribution in [3.05, 3.63) is 65.7 Å². The largest absolute Gasteiger partial charge is 0.508 e. The zero-order valence-corrected chi connectivity index (χ0v) is 10.2. The molecule has 3 nitrogen and oxygen atoms in total. The maximum absolute atomic E-state index is 9.42. The van der Waals surface area contributed by atoms with E-state index in [2.05, 4.69) is 36.2 Å². The van der Waals surface area contributed by atoms with E-state index in [1.807, 2.05) is 10.6 Å². The van der Waals surface area contributed by atoms with Gasteiger partial charge in [-0.05, 0) is 18.6 Å². The molecule has 90 valence electrons. The minimum absolute atomic E-state index is 0.268. The monoisotopic (exact) mass is 238 g/mol. The van der Waals surface area contributed by atoms with Gasteiger partial charge in [0.1, 0.15) is 11.6 Å². The molecule has 2 aromatic heterocycles. The van der Waals surface area contributed by atoms with Gasteiger partial charge in [0.05, 0.1) is 11.7 Å². The molecule has 3 aromatic rings. The van der Waals surface area contributed by atoms with E-state index in [-0.39, 0.29) is 5.75 Å². The van der Waals surface area contributed by atoms with E-state index in [1.54, 1.807) is 18.3 Å². The zero-order valence-electron chi connectivity index (χ0n) is 10.2. The Balaban J connectivity index is 1.97. The van der Waals surface area contributed by atoms with Crippen LogP contribution in [0.4, 0.5) is 0 Å². The lowest BCUT2D eigenvalue weighted by Gasteiger charge is -2.03. The maximum Gasteiger partial charge on any atom is 0.119 e. The third kappa shape index (κ3) is 1.95. The lowest BCUT2D eigenvalue weighted by atomic mass is 10.1. The van der Waals surface area contributed by atoms with Crippen LogP contribution >= 0.6 is 0 Å². The molecule has 0 aliphatic rings. The zero-order chi connectivity index (χ0) is 12.5. The third-order valence-corrected chi connectivity index (χ3v) is 3.08. The first-order chi connectivity index (χ1) is 8.72. The normalized spacial score (nSPS) is 10.9. The molecule has 0 atom stereocenters. The fraction of sp³-hybridized carbons (Fsp3) is 0.133. The highest BCUT2D eigenvalue weighted by Crippen LogP contribution is 2.16. The average Bonchev–Trinajstić information content (AvgIpc) is 2.74. The molecule has 0 unspecified atom stereocenters. The Morgan fingerprint density at radius 1 is 1.17 bits per heavy atom. The molecule has 1 aromatic carbocycles. The highest BCUT2D eigenvalue weighted by atomic mass is 16.3. The molecule has 3 heteroatoms. The van der Waals surface area contributed by atoms with E-state index in [0.717, 1.165) is 17.8 Å². The Kier molecular flexibility index (Phi) is 2.52. The highest BCUT2D eigenvalue weighted by molar-refractivity contribution is 5.50. The summed E-state index contributed by atoms with van der Waals surface area (Å²) >= 11 is 0. The molecule has 0 aliphatic heterocycles. The summed E-state index contributed by atoms with van der Waals surface area (Å²) in [7, 11) is 0. The van der Waals surface area contributed by atoms with Crippen molar-refractivity contribution in [3.63, 3.8) is 0 Å². The molecule has 1 N–H and O–H groups in total. The van der Waals surface area contributed by atoms with Crippen molar-refractivity contribution in [1.82, 2.24) is 9.38 Å². The van der Waals surface area contributed by atoms with Crippen molar-refractivity contribution in [3.8, 4) is 5.75 Å². The number of benzene rings is 1. The van der Waals surface area contributed by atoms with Gasteiger partial charge in [0.15, 0.2) is 0 Å². The quantitative estimate of drug-likeness (QED) is 0.745. The molecule has 18 heavy (non-hydrogen) atoms. The van der Waals surface area contributed by atoms with Crippen LogP contribution in [-0.2, 0) is 6.42 Å². The number of imidazole rings is 1. The van der Waals surface area contributed by atoms with Gasteiger partial charge in [-0.3, -0.25) is 0 Å². The standard InChI is InChI=1S/C15H14N2O/c1-11-2-4-12(5-3-11)8-15-16-10-13-9-14(18)6-7-17(13)15/h2-7,9-10,18H,8H2,1H3. The van der Waals surface area contributed by atoms with Gasteiger partial charge in [-0.1, -0.05) is 29.8 Å². The summed E-state index contributed by atoms with van der Waals surface area (Å²) < 4.78 is 2.00. The maximum atomic E-state index is 9.42. The van der Waals surface area contributed by atoms with Gasteiger partial charge in [0.25, 0.3) is 0 Å². The smallest absolute Gasteiger partial charge is 0.119 e. The van der Waals surface area contributed by atoms with Gasteiger partial charge in [-0.15, -0.1) is 0 Å². The van der Waals surface area contributed by atoms with E-state index in [4.69, 9.17) is 0 Å². The first-order valence-electron chi connectivity index (χ1n) is 5.93. The lowest BCUT2D eigenvalue weighted by molar-refractivity contribution is 0.475. The van der Waals surface area contributed by atoms with Crippen LogP contribution in [0.1, 0.15) is 17.0 Å². The molecule has 0 radical (unpaired) electrons. The van der Waals surface area contributed by atoms with E-state index in [1.165, 1.54) is 11.1 Å². The average molecular weight is 238 g/mol. The van der Waals surface area contributed by atoms with Gasteiger partial charge in [-0.25, -0.2) is 4.98 Å². The number of pyridine rings is 1. The summed E-state index contributed by atoms with van der Waals surface area (Å²) in [6, 6.07) is 11.8. The molecule has 0 amide bonds. The van der Waals surface area contributed by atoms with Crippen molar-refractivity contribution in [2.45, 2.75) is 13.3 Å². The fourth-order valence-electron chi connectivity index (χ4n) is 2.06. The molecule has 0 aliphatic carbocycles. The number of aryl methyl sites for hydroxylation is 1. The minimum atomic E-state index is 0.268. The SMILES string of the molecule is Cc1ccc(Cc2ncc3cc(O)ccn23)cc1. The van der Waals surface area contributed by atoms with Crippen LogP contribution < -0.4 is 0 Å². The van der Waals surface area contributed by atoms with Gasteiger partial charge in [0.2, 0.25) is 0 Å². The summed E-state index contributed by atoms with van der Waals surface area (Å²) in [5.74, 6) is 1.25. The minimum Gasteiger partial charge on any atom is -0.508 e. The van der Waals surface area contributed by atoms with E-state index in [0.29, 0.717) is 0 Å². The predicted molar refractivity (Wildman–Crippen MR) is 70.8 cm³/mol. The topological polar surface area (TPSA) is 37.5 Å². The van der Waals surface area contributed by atoms with Crippen LogP contribution in [0, 0.1) is 6.92 Å². The van der Waals surface area contributed by atoms with Gasteiger partial charge < -0.3 is 9.51 Å². The molecular formula is C15H14N2O. The molecule has 3 rings (SSSR count). The first kappa shape index (κ1) is 10.8. The Morgan fingerprint density at radius 2 is 1.94 bits per heavy atom. The number of rotatable bonds is 2. The number of nitrogens with zero attached hydrogens (tertiary/aromatic N) is 2. The Hall–Kier alpha value is -2.29. The number of fused-ring (bicyclic) bond motifs is 1. The van der Waals surface area contributed by atoms with Crippen LogP contribution in [-0.4, -0.2) is 14.5 Å². The van der Waals surface area contributed by atoms with E-state index >= 15 is 0 Å². The summed E-state index contributed by atoms with van der Waals surface area (Å²) in [5.41, 5.74) is 3.41. The Morgan fingerprint density at radius 3 is 2.72 bits per heavy atom. The van der Waals surface area contributed by atoms with Crippen LogP contribution in [0.15, 0.2) is 48.8 Å². The van der Waals surface area contributed by atoms with Gasteiger partial charge in [-0.2, -0.15) is 0 Å². The summed E-state index contributed by atoms with van der Waals surface area (Å²) in [5, 5.41) is 9.42. The molecule has 0 bridgehead atoms. The molecule has 0 saturated carbocycles. The number of aromatic nitrogens is 2. The molecule has 0 saturated heterocycles. The summed E-state index contributed by atoms with van der Waals surface area (Å²) in [6.07, 6.45) is 4.42. The van der Waals surface area contributed by atoms with Crippen molar-refractivity contribution >= 4 is 5.52 Å². The van der Waals surface area contributed by atoms with Crippen LogP contribution in [0.25, 0.3) is 5.52 Å². The Bertz CT molecular complexity index is 683. The Labute approximate surface area is 105 Å². The number of hydrogen-bond donors (Lipinski definition) is 1. The lowest BCUT2D eigenvalue weighted by Crippen LogP contribution is -1.96. The number of aromatic hydroxyl groups is 1. The van der Waals surface area contributed by atoms with Crippen molar-refractivity contribution < 1.29 is 5.11 Å². The second kappa shape index (κ2) is 4.18. The van der Waals surface area contributed by atoms with Gasteiger partial charge >= 0.3 is 0 Å². The molecule has 2 heterocycles. The van der Waals surface area contributed by atoms with Crippen molar-refractivity contribution in [2.75, 3.05) is 0 Å². The fourth-order valence-corrected chi connectivity index (χ4v) is 2.06. The van der Waals surface area contributed by atoms with Crippen LogP contribution in [0.5, 0.6) is 5.75 Å². The second-order valence-electron chi connectivity index (χ2n) is 4.52. The molecule has 0 spiro atoms. The van der Waals surface area contributed by atoms with E-state index in [9.17, 15) is 5.11 Å². The van der Waals surface area contributed by atoms with Gasteiger partial charge in [0, 0.05) is 18.7 Å². The summed E-state index contributed by atoms with van der Waals surface area (Å²) in [4.78, 5) is 4.41. The van der Waals surface area contributed by atoms with Crippen LogP contribution in [0.2, 0.25) is 0 Å². The van der Waals surface area contributed by atoms with Crippen LogP contribution in [0.3, 0.4) is 0 Å². The summed E-state index contributed by atoms with van der Waals surface area (Å²) in [6.45, 7) is 2.08. The second-order valence-corrected chi connectivity index (χ2v) is 4.52. The first-order valence-corrected chi connectivity index (χ1v) is 5.93. The van der Waals surface area contributed by atoms with E-state index < -0.39 is 0 Å². The third-order valence-electron chi connectivity index (χ3n) is 3.08. The molecular weight excluding hydrogens is 224 g/mol. The van der Waals surface area contributed by atoms with Crippen molar-refractivity contribution in [1.29, 1.82) is 0 Å². The predicted octanol–water partition coefficient (Wildman–Crippen LogP) is 2.94. The molecule has 0 fully saturated rings.